The molecule has 76 valence electrons. The summed E-state index contributed by atoms with van der Waals surface area (Å²) in [5.41, 5.74) is 0.673. The lowest BCUT2D eigenvalue weighted by atomic mass is 9.88. The van der Waals surface area contributed by atoms with Crippen molar-refractivity contribution in [3.8, 4) is 5.75 Å². The molecule has 1 rings (SSSR count). The lowest BCUT2D eigenvalue weighted by molar-refractivity contribution is 0.0940. The first kappa shape index (κ1) is 10.8. The Kier molecular flexibility index (Phi) is 2.94. The third-order valence-electron chi connectivity index (χ3n) is 1.88. The molecule has 0 atom stereocenters. The molecular formula is C12H16O2. The molecule has 0 unspecified atom stereocenters. The van der Waals surface area contributed by atoms with Crippen LogP contribution in [0.5, 0.6) is 5.75 Å². The lowest BCUT2D eigenvalue weighted by Crippen LogP contribution is -2.12. The molecule has 14 heavy (non-hydrogen) atoms. The number of hydrogen-bond acceptors (Lipinski definition) is 2. The summed E-state index contributed by atoms with van der Waals surface area (Å²) in [6, 6.07) is 6.39. The van der Waals surface area contributed by atoms with Crippen LogP contribution in [0.15, 0.2) is 24.3 Å². The van der Waals surface area contributed by atoms with Gasteiger partial charge in [0.05, 0.1) is 0 Å². The zero-order valence-corrected chi connectivity index (χ0v) is 8.87. The number of ketones is 1. The summed E-state index contributed by atoms with van der Waals surface area (Å²) < 4.78 is 0. The molecular weight excluding hydrogens is 176 g/mol. The van der Waals surface area contributed by atoms with E-state index in [0.29, 0.717) is 12.0 Å². The van der Waals surface area contributed by atoms with Crippen LogP contribution < -0.4 is 0 Å². The molecule has 0 aromatic heterocycles. The van der Waals surface area contributed by atoms with Crippen molar-refractivity contribution in [3.05, 3.63) is 29.8 Å². The topological polar surface area (TPSA) is 37.3 Å². The van der Waals surface area contributed by atoms with Crippen LogP contribution in [0.25, 0.3) is 0 Å². The molecule has 0 bridgehead atoms. The van der Waals surface area contributed by atoms with E-state index < -0.39 is 0 Å². The Labute approximate surface area is 84.6 Å². The Morgan fingerprint density at radius 2 is 1.71 bits per heavy atom. The van der Waals surface area contributed by atoms with Gasteiger partial charge in [0.15, 0.2) is 5.78 Å². The van der Waals surface area contributed by atoms with Gasteiger partial charge in [-0.05, 0) is 29.7 Å². The van der Waals surface area contributed by atoms with E-state index in [1.54, 1.807) is 12.1 Å². The van der Waals surface area contributed by atoms with Gasteiger partial charge in [0.1, 0.15) is 5.75 Å². The van der Waals surface area contributed by atoms with Crippen LogP contribution in [0.2, 0.25) is 0 Å². The number of Topliss-reactive ketones (excluding diaryl/α,β-unsaturated/α-hetero) is 1. The molecule has 0 heterocycles. The van der Waals surface area contributed by atoms with Crippen molar-refractivity contribution >= 4 is 5.78 Å². The highest BCUT2D eigenvalue weighted by Crippen LogP contribution is 2.22. The number of aromatic hydroxyl groups is 1. The van der Waals surface area contributed by atoms with Crippen LogP contribution in [-0.4, -0.2) is 10.9 Å². The highest BCUT2D eigenvalue weighted by Gasteiger charge is 2.16. The number of rotatable bonds is 2. The van der Waals surface area contributed by atoms with Gasteiger partial charge in [-0.15, -0.1) is 0 Å². The molecule has 0 saturated heterocycles. The van der Waals surface area contributed by atoms with Crippen LogP contribution >= 0.6 is 0 Å². The van der Waals surface area contributed by atoms with Gasteiger partial charge in [-0.2, -0.15) is 0 Å². The summed E-state index contributed by atoms with van der Waals surface area (Å²) >= 11 is 0. The van der Waals surface area contributed by atoms with Crippen LogP contribution in [-0.2, 0) is 0 Å². The van der Waals surface area contributed by atoms with Gasteiger partial charge in [0, 0.05) is 12.0 Å². The molecule has 2 nitrogen and oxygen atoms in total. The number of benzene rings is 1. The average Bonchev–Trinajstić information content (AvgIpc) is 2.02. The summed E-state index contributed by atoms with van der Waals surface area (Å²) in [4.78, 5) is 11.7. The monoisotopic (exact) mass is 192 g/mol. The molecule has 1 aromatic carbocycles. The van der Waals surface area contributed by atoms with E-state index in [9.17, 15) is 4.79 Å². The Morgan fingerprint density at radius 1 is 1.21 bits per heavy atom. The number of carbonyl (C=O) groups excluding carboxylic acids is 1. The van der Waals surface area contributed by atoms with E-state index in [4.69, 9.17) is 5.11 Å². The summed E-state index contributed by atoms with van der Waals surface area (Å²) in [5, 5.41) is 9.06. The van der Waals surface area contributed by atoms with Gasteiger partial charge in [0.25, 0.3) is 0 Å². The predicted octanol–water partition coefficient (Wildman–Crippen LogP) is 3.01. The van der Waals surface area contributed by atoms with Crippen LogP contribution in [0.1, 0.15) is 37.6 Å². The van der Waals surface area contributed by atoms with E-state index in [2.05, 4.69) is 0 Å². The minimum absolute atomic E-state index is 0.00890. The standard InChI is InChI=1S/C12H16O2/c1-12(2,3)8-11(14)9-4-6-10(13)7-5-9/h4-7,13H,8H2,1-3H3. The van der Waals surface area contributed by atoms with Crippen molar-refractivity contribution in [1.29, 1.82) is 0 Å². The number of carbonyl (C=O) groups is 1. The van der Waals surface area contributed by atoms with E-state index in [-0.39, 0.29) is 16.9 Å². The van der Waals surface area contributed by atoms with Gasteiger partial charge in [-0.25, -0.2) is 0 Å². The quantitative estimate of drug-likeness (QED) is 0.731. The summed E-state index contributed by atoms with van der Waals surface area (Å²) in [5.74, 6) is 0.315. The normalized spacial score (nSPS) is 11.4. The molecule has 0 aliphatic carbocycles. The van der Waals surface area contributed by atoms with Crippen molar-refractivity contribution in [2.75, 3.05) is 0 Å². The van der Waals surface area contributed by atoms with Gasteiger partial charge in [0.2, 0.25) is 0 Å². The summed E-state index contributed by atoms with van der Waals surface area (Å²) in [6.07, 6.45) is 0.526. The van der Waals surface area contributed by atoms with Crippen LogP contribution in [0, 0.1) is 5.41 Å². The van der Waals surface area contributed by atoms with E-state index >= 15 is 0 Å². The number of phenolic OH excluding ortho intramolecular Hbond substituents is 1. The SMILES string of the molecule is CC(C)(C)CC(=O)c1ccc(O)cc1. The highest BCUT2D eigenvalue weighted by atomic mass is 16.3. The minimum atomic E-state index is 0.00890. The first-order valence-electron chi connectivity index (χ1n) is 4.71. The van der Waals surface area contributed by atoms with Gasteiger partial charge < -0.3 is 5.11 Å². The highest BCUT2D eigenvalue weighted by molar-refractivity contribution is 5.96. The molecule has 0 fully saturated rings. The van der Waals surface area contributed by atoms with Crippen molar-refractivity contribution in [2.45, 2.75) is 27.2 Å². The van der Waals surface area contributed by atoms with Crippen molar-refractivity contribution in [3.63, 3.8) is 0 Å². The molecule has 1 N–H and O–H groups in total. The molecule has 0 saturated carbocycles. The molecule has 0 aliphatic rings. The third-order valence-corrected chi connectivity index (χ3v) is 1.88. The number of hydrogen-bond donors (Lipinski definition) is 1. The van der Waals surface area contributed by atoms with Crippen LogP contribution in [0.4, 0.5) is 0 Å². The average molecular weight is 192 g/mol. The first-order valence-corrected chi connectivity index (χ1v) is 4.71. The maximum Gasteiger partial charge on any atom is 0.163 e. The first-order chi connectivity index (χ1) is 6.38. The fourth-order valence-corrected chi connectivity index (χ4v) is 1.23. The van der Waals surface area contributed by atoms with Crippen molar-refractivity contribution < 1.29 is 9.90 Å². The van der Waals surface area contributed by atoms with Gasteiger partial charge >= 0.3 is 0 Å². The van der Waals surface area contributed by atoms with Gasteiger partial charge in [-0.3, -0.25) is 4.79 Å². The second-order valence-corrected chi connectivity index (χ2v) is 4.71. The van der Waals surface area contributed by atoms with E-state index in [1.807, 2.05) is 20.8 Å². The fraction of sp³-hybridized carbons (Fsp3) is 0.417. The Morgan fingerprint density at radius 3 is 2.14 bits per heavy atom. The maximum absolute atomic E-state index is 11.7. The molecule has 0 aliphatic heterocycles. The molecule has 0 radical (unpaired) electrons. The molecule has 0 spiro atoms. The Bertz CT molecular complexity index is 317. The second-order valence-electron chi connectivity index (χ2n) is 4.71. The van der Waals surface area contributed by atoms with Crippen LogP contribution in [0.3, 0.4) is 0 Å². The lowest BCUT2D eigenvalue weighted by Gasteiger charge is -2.16. The van der Waals surface area contributed by atoms with E-state index in [1.165, 1.54) is 12.1 Å². The van der Waals surface area contributed by atoms with E-state index in [0.717, 1.165) is 0 Å². The molecule has 0 amide bonds. The maximum atomic E-state index is 11.7. The Balaban J connectivity index is 2.76. The minimum Gasteiger partial charge on any atom is -0.508 e. The third kappa shape index (κ3) is 3.21. The summed E-state index contributed by atoms with van der Waals surface area (Å²) in [6.45, 7) is 6.10. The van der Waals surface area contributed by atoms with Gasteiger partial charge in [-0.1, -0.05) is 20.8 Å². The predicted molar refractivity (Wildman–Crippen MR) is 56.5 cm³/mol. The molecule has 1 aromatic rings. The second kappa shape index (κ2) is 3.82. The molecule has 2 heteroatoms. The van der Waals surface area contributed by atoms with Crippen molar-refractivity contribution in [2.24, 2.45) is 5.41 Å². The Hall–Kier alpha value is -1.31. The summed E-state index contributed by atoms with van der Waals surface area (Å²) in [7, 11) is 0. The van der Waals surface area contributed by atoms with Crippen molar-refractivity contribution in [1.82, 2.24) is 0 Å². The smallest absolute Gasteiger partial charge is 0.163 e. The largest absolute Gasteiger partial charge is 0.508 e. The zero-order valence-electron chi connectivity index (χ0n) is 8.87. The zero-order chi connectivity index (χ0) is 10.8. The number of phenols is 1. The fourth-order valence-electron chi connectivity index (χ4n) is 1.23.